The van der Waals surface area contributed by atoms with E-state index >= 15 is 0 Å². The largest absolute Gasteiger partial charge is 0.465 e. The number of carbonyl (C=O) groups excluding carboxylic acids is 4. The summed E-state index contributed by atoms with van der Waals surface area (Å²) < 4.78 is 14.9. The van der Waals surface area contributed by atoms with E-state index in [-0.39, 0.29) is 61.9 Å². The number of fused-ring (bicyclic) bond motifs is 26. The van der Waals surface area contributed by atoms with E-state index in [0.29, 0.717) is 25.9 Å². The maximum absolute atomic E-state index is 13.4. The highest BCUT2D eigenvalue weighted by molar-refractivity contribution is 6.32. The Kier molecular flexibility index (Phi) is 8.12. The average Bonchev–Trinajstić information content (AvgIpc) is 4.24. The van der Waals surface area contributed by atoms with Gasteiger partial charge in [0.15, 0.2) is 0 Å². The normalized spacial score (nSPS) is 24.4. The molecule has 6 aromatic carbocycles. The Morgan fingerprint density at radius 3 is 1.40 bits per heavy atom. The molecule has 14 nitrogen and oxygen atoms in total. The lowest BCUT2D eigenvalue weighted by Crippen LogP contribution is -2.56. The lowest BCUT2D eigenvalue weighted by Gasteiger charge is -2.32. The van der Waals surface area contributed by atoms with Crippen molar-refractivity contribution in [2.75, 3.05) is 13.7 Å². The fourth-order valence-electron chi connectivity index (χ4n) is 14.6. The fourth-order valence-corrected chi connectivity index (χ4v) is 14.6. The third-order valence-corrected chi connectivity index (χ3v) is 17.1. The Morgan fingerprint density at radius 1 is 0.600 bits per heavy atom. The van der Waals surface area contributed by atoms with E-state index in [0.717, 1.165) is 122 Å². The van der Waals surface area contributed by atoms with Crippen LogP contribution in [0.5, 0.6) is 0 Å². The SMILES string of the molecule is C.CCOC(=O)[C@]1(N)C[C@@H]2C[C@H]1n1c3ccccc3c3c4c(c5c6ccccc6n2c5c31)CNC4=O.CNC(=O)[C@]1(N)C[C@@H]2C[C@H]1n1c3ccccc3c3c4c(c5c6ccccc6n2c5c31)CNC4=O. The fraction of sp³-hybridized carbons (Fsp3) is 0.286. The summed E-state index contributed by atoms with van der Waals surface area (Å²) in [6.45, 7) is 3.16. The number of amides is 3. The molecule has 14 heteroatoms. The minimum atomic E-state index is -1.16. The molecule has 6 atom stereocenters. The lowest BCUT2D eigenvalue weighted by molar-refractivity contribution is -0.150. The van der Waals surface area contributed by atoms with E-state index in [4.69, 9.17) is 16.2 Å². The van der Waals surface area contributed by atoms with Crippen molar-refractivity contribution in [3.63, 3.8) is 0 Å². The molecule has 0 unspecified atom stereocenters. The maximum atomic E-state index is 13.4. The first-order valence-electron chi connectivity index (χ1n) is 24.1. The van der Waals surface area contributed by atoms with E-state index < -0.39 is 11.1 Å². The van der Waals surface area contributed by atoms with Crippen molar-refractivity contribution in [1.29, 1.82) is 0 Å². The van der Waals surface area contributed by atoms with Crippen molar-refractivity contribution < 1.29 is 23.9 Å². The van der Waals surface area contributed by atoms with Gasteiger partial charge in [-0.15, -0.1) is 0 Å². The van der Waals surface area contributed by atoms with Gasteiger partial charge < -0.3 is 50.4 Å². The molecule has 70 heavy (non-hydrogen) atoms. The molecule has 0 saturated heterocycles. The summed E-state index contributed by atoms with van der Waals surface area (Å²) in [4.78, 5) is 53.1. The predicted octanol–water partition coefficient (Wildman–Crippen LogP) is 8.41. The molecule has 350 valence electrons. The monoisotopic (exact) mass is 929 g/mol. The number of hydrogen-bond acceptors (Lipinski definition) is 7. The van der Waals surface area contributed by atoms with Gasteiger partial charge in [-0.3, -0.25) is 14.4 Å². The Bertz CT molecular complexity index is 4100. The number of esters is 1. The van der Waals surface area contributed by atoms with Gasteiger partial charge in [-0.1, -0.05) is 80.2 Å². The predicted molar refractivity (Wildman–Crippen MR) is 273 cm³/mol. The molecule has 3 amide bonds. The maximum Gasteiger partial charge on any atom is 0.328 e. The van der Waals surface area contributed by atoms with Crippen LogP contribution in [-0.2, 0) is 27.4 Å². The Morgan fingerprint density at radius 2 is 0.971 bits per heavy atom. The molecule has 2 aliphatic carbocycles. The Labute approximate surface area is 400 Å². The molecular weight excluding hydrogens is 879 g/mol. The summed E-state index contributed by atoms with van der Waals surface area (Å²) in [5.74, 6) is -0.564. The quantitative estimate of drug-likeness (QED) is 0.110. The van der Waals surface area contributed by atoms with Gasteiger partial charge in [0.2, 0.25) is 5.91 Å². The minimum Gasteiger partial charge on any atom is -0.465 e. The number of aromatic nitrogens is 4. The summed E-state index contributed by atoms with van der Waals surface area (Å²) in [7, 11) is 1.66. The van der Waals surface area contributed by atoms with Crippen molar-refractivity contribution in [3.05, 3.63) is 119 Å². The molecule has 4 aliphatic heterocycles. The summed E-state index contributed by atoms with van der Waals surface area (Å²) in [6.07, 6.45) is 2.55. The van der Waals surface area contributed by atoms with Gasteiger partial charge in [0, 0.05) is 97.4 Å². The van der Waals surface area contributed by atoms with Crippen LogP contribution in [0.1, 0.15) is 96.0 Å². The second kappa shape index (κ2) is 13.8. The van der Waals surface area contributed by atoms with Gasteiger partial charge in [0.05, 0.1) is 51.9 Å². The van der Waals surface area contributed by atoms with Crippen LogP contribution in [-0.4, -0.2) is 66.7 Å². The highest BCUT2D eigenvalue weighted by Crippen LogP contribution is 2.58. The zero-order valence-corrected chi connectivity index (χ0v) is 38.0. The standard InChI is InChI=1S/C28H24N4O3.C27H23N5O2.CH4/c1-2-35-27(34)28(29)12-14-11-20(28)32-19-10-6-4-8-16(19)22-23-17(13-30-26(23)33)21-15-7-3-5-9-18(15)31(14)24(21)25(22)32;1-29-26(34)27(28)11-13-10-19(27)32-18-9-5-3-7-15(18)21-22-16(12-30-25(22)33)20-14-6-2-4-8-17(14)31(13)23(20)24(21)32;/h3-10,14,20H,2,11-13,29H2,1H3,(H,30,33);2-9,13,19H,10-12,28H2,1H3,(H,29,34)(H,30,33);1H4/t14-,20+,28-;13-,19+,27-;/m00./s1. The van der Waals surface area contributed by atoms with Gasteiger partial charge in [-0.05, 0) is 68.0 Å². The Hall–Kier alpha value is -7.68. The number of nitrogens with zero attached hydrogens (tertiary/aromatic N) is 4. The average molecular weight is 930 g/mol. The van der Waals surface area contributed by atoms with Crippen molar-refractivity contribution >= 4 is 111 Å². The summed E-state index contributed by atoms with van der Waals surface area (Å²) in [6, 6.07) is 32.9. The molecule has 6 aliphatic rings. The summed E-state index contributed by atoms with van der Waals surface area (Å²) in [5, 5.41) is 17.6. The van der Waals surface area contributed by atoms with E-state index in [1.54, 1.807) is 7.05 Å². The first-order valence-corrected chi connectivity index (χ1v) is 24.1. The lowest BCUT2D eigenvalue weighted by atomic mass is 9.91. The molecule has 16 rings (SSSR count). The molecule has 7 N–H and O–H groups in total. The van der Waals surface area contributed by atoms with Gasteiger partial charge >= 0.3 is 5.97 Å². The first-order chi connectivity index (χ1) is 33.6. The van der Waals surface area contributed by atoms with Gasteiger partial charge in [-0.2, -0.15) is 0 Å². The van der Waals surface area contributed by atoms with Crippen molar-refractivity contribution in [3.8, 4) is 0 Å². The third-order valence-electron chi connectivity index (χ3n) is 17.1. The third kappa shape index (κ3) is 4.66. The number of nitrogens with one attached hydrogen (secondary N) is 3. The van der Waals surface area contributed by atoms with Crippen molar-refractivity contribution in [1.82, 2.24) is 34.2 Å². The molecule has 4 bridgehead atoms. The first kappa shape index (κ1) is 41.3. The van der Waals surface area contributed by atoms with Crippen LogP contribution < -0.4 is 27.4 Å². The second-order valence-electron chi connectivity index (χ2n) is 20.1. The highest BCUT2D eigenvalue weighted by atomic mass is 16.5. The molecule has 10 aromatic rings. The van der Waals surface area contributed by atoms with Crippen LogP contribution in [0.15, 0.2) is 97.1 Å². The highest BCUT2D eigenvalue weighted by Gasteiger charge is 2.56. The van der Waals surface area contributed by atoms with Gasteiger partial charge in [0.25, 0.3) is 11.8 Å². The van der Waals surface area contributed by atoms with E-state index in [2.05, 4.69) is 107 Å². The van der Waals surface area contributed by atoms with Crippen molar-refractivity contribution in [2.45, 2.75) is 88.4 Å². The number of benzene rings is 6. The van der Waals surface area contributed by atoms with Crippen molar-refractivity contribution in [2.24, 2.45) is 11.5 Å². The smallest absolute Gasteiger partial charge is 0.328 e. The number of nitrogens with two attached hydrogens (primary N) is 2. The number of likely N-dealkylation sites (N-methyl/N-ethyl adjacent to an activating group) is 1. The molecule has 0 spiro atoms. The van der Waals surface area contributed by atoms with Crippen LogP contribution in [0.25, 0.3) is 87.2 Å². The summed E-state index contributed by atoms with van der Waals surface area (Å²) >= 11 is 0. The molecule has 8 heterocycles. The molecular formula is C56H51N9O5. The second-order valence-corrected chi connectivity index (χ2v) is 20.1. The number of hydrogen-bond donors (Lipinski definition) is 5. The van der Waals surface area contributed by atoms with Gasteiger partial charge in [0.1, 0.15) is 11.1 Å². The van der Waals surface area contributed by atoms with Gasteiger partial charge in [-0.25, -0.2) is 4.79 Å². The molecule has 2 fully saturated rings. The molecule has 0 radical (unpaired) electrons. The van der Waals surface area contributed by atoms with Crippen LogP contribution >= 0.6 is 0 Å². The number of rotatable bonds is 3. The zero-order chi connectivity index (χ0) is 46.6. The van der Waals surface area contributed by atoms with Crippen LogP contribution in [0.4, 0.5) is 0 Å². The Balaban J connectivity index is 0.000000129. The van der Waals surface area contributed by atoms with E-state index in [1.165, 1.54) is 0 Å². The van der Waals surface area contributed by atoms with E-state index in [9.17, 15) is 19.2 Å². The van der Waals surface area contributed by atoms with Crippen LogP contribution in [0.2, 0.25) is 0 Å². The topological polar surface area (TPSA) is 185 Å². The molecule has 4 aromatic heterocycles. The van der Waals surface area contributed by atoms with Crippen LogP contribution in [0, 0.1) is 0 Å². The molecule has 2 saturated carbocycles. The number of para-hydroxylation sites is 4. The number of ether oxygens (including phenoxy) is 1. The minimum absolute atomic E-state index is 0. The van der Waals surface area contributed by atoms with E-state index in [1.807, 2.05) is 31.2 Å². The van der Waals surface area contributed by atoms with Crippen LogP contribution in [0.3, 0.4) is 0 Å². The zero-order valence-electron chi connectivity index (χ0n) is 38.0. The number of carbonyl (C=O) groups is 4. The summed E-state index contributed by atoms with van der Waals surface area (Å²) in [5.41, 5.74) is 24.1.